The lowest BCUT2D eigenvalue weighted by atomic mass is 9.95. The smallest absolute Gasteiger partial charge is 0.292 e. The topological polar surface area (TPSA) is 107 Å². The molecule has 2 aromatic carbocycles. The minimum atomic E-state index is -0.602. The van der Waals surface area contributed by atoms with Crippen molar-refractivity contribution in [3.63, 3.8) is 0 Å². The van der Waals surface area contributed by atoms with Crippen LogP contribution in [0.4, 0.5) is 11.4 Å². The average molecular weight is 343 g/mol. The molecule has 2 aromatic rings. The SMILES string of the molecule is COc1ccc(C(NC(=O)c2ccc(N)c([N+](=O)[O-])c2)C(C)C)cc1. The molecule has 0 aliphatic rings. The number of nitro groups is 1. The highest BCUT2D eigenvalue weighted by atomic mass is 16.6. The normalized spacial score (nSPS) is 11.8. The molecule has 1 amide bonds. The summed E-state index contributed by atoms with van der Waals surface area (Å²) in [6.45, 7) is 3.97. The highest BCUT2D eigenvalue weighted by Gasteiger charge is 2.21. The standard InChI is InChI=1S/C18H21N3O4/c1-11(2)17(12-4-7-14(25-3)8-5-12)20-18(22)13-6-9-15(19)16(10-13)21(23)24/h4-11,17H,19H2,1-3H3,(H,20,22). The predicted molar refractivity (Wildman–Crippen MR) is 95.5 cm³/mol. The number of carbonyl (C=O) groups is 1. The van der Waals surface area contributed by atoms with Gasteiger partial charge in [0.2, 0.25) is 0 Å². The van der Waals surface area contributed by atoms with E-state index in [2.05, 4.69) is 5.32 Å². The molecule has 132 valence electrons. The van der Waals surface area contributed by atoms with Crippen molar-refractivity contribution in [1.29, 1.82) is 0 Å². The largest absolute Gasteiger partial charge is 0.497 e. The quantitative estimate of drug-likeness (QED) is 0.475. The lowest BCUT2D eigenvalue weighted by molar-refractivity contribution is -0.383. The summed E-state index contributed by atoms with van der Waals surface area (Å²) in [7, 11) is 1.59. The number of ether oxygens (including phenoxy) is 1. The molecule has 2 rings (SSSR count). The summed E-state index contributed by atoms with van der Waals surface area (Å²) in [5, 5.41) is 13.9. The van der Waals surface area contributed by atoms with Gasteiger partial charge >= 0.3 is 0 Å². The zero-order valence-corrected chi connectivity index (χ0v) is 14.4. The van der Waals surface area contributed by atoms with Gasteiger partial charge in [-0.15, -0.1) is 0 Å². The van der Waals surface area contributed by atoms with E-state index in [1.165, 1.54) is 18.2 Å². The molecule has 3 N–H and O–H groups in total. The number of carbonyl (C=O) groups excluding carboxylic acids is 1. The number of rotatable bonds is 6. The first-order valence-corrected chi connectivity index (χ1v) is 7.82. The molecule has 0 aromatic heterocycles. The lowest BCUT2D eigenvalue weighted by Crippen LogP contribution is -2.31. The number of nitrogens with zero attached hydrogens (tertiary/aromatic N) is 1. The van der Waals surface area contributed by atoms with Crippen LogP contribution >= 0.6 is 0 Å². The van der Waals surface area contributed by atoms with Gasteiger partial charge in [0.05, 0.1) is 18.1 Å². The van der Waals surface area contributed by atoms with Crippen molar-refractivity contribution in [2.45, 2.75) is 19.9 Å². The Hall–Kier alpha value is -3.09. The van der Waals surface area contributed by atoms with Crippen LogP contribution in [0.5, 0.6) is 5.75 Å². The molecule has 0 heterocycles. The van der Waals surface area contributed by atoms with Gasteiger partial charge in [0, 0.05) is 11.6 Å². The molecule has 0 saturated carbocycles. The van der Waals surface area contributed by atoms with Gasteiger partial charge < -0.3 is 15.8 Å². The average Bonchev–Trinajstić information content (AvgIpc) is 2.59. The zero-order chi connectivity index (χ0) is 18.6. The van der Waals surface area contributed by atoms with Gasteiger partial charge in [-0.05, 0) is 35.7 Å². The molecular formula is C18H21N3O4. The Morgan fingerprint density at radius 3 is 2.36 bits per heavy atom. The monoisotopic (exact) mass is 343 g/mol. The molecule has 0 spiro atoms. The third-order valence-corrected chi connectivity index (χ3v) is 3.92. The van der Waals surface area contributed by atoms with Crippen molar-refractivity contribution in [3.05, 3.63) is 63.7 Å². The fourth-order valence-electron chi connectivity index (χ4n) is 2.51. The van der Waals surface area contributed by atoms with E-state index in [-0.39, 0.29) is 28.9 Å². The molecule has 0 aliphatic carbocycles. The van der Waals surface area contributed by atoms with Gasteiger partial charge in [0.1, 0.15) is 11.4 Å². The molecule has 25 heavy (non-hydrogen) atoms. The number of hydrogen-bond donors (Lipinski definition) is 2. The van der Waals surface area contributed by atoms with Crippen LogP contribution in [0, 0.1) is 16.0 Å². The summed E-state index contributed by atoms with van der Waals surface area (Å²) in [5.41, 5.74) is 6.44. The van der Waals surface area contributed by atoms with E-state index in [0.29, 0.717) is 0 Å². The van der Waals surface area contributed by atoms with Gasteiger partial charge in [-0.25, -0.2) is 0 Å². The molecule has 1 unspecified atom stereocenters. The molecule has 0 radical (unpaired) electrons. The molecular weight excluding hydrogens is 322 g/mol. The summed E-state index contributed by atoms with van der Waals surface area (Å²) in [6, 6.07) is 11.2. The van der Waals surface area contributed by atoms with Crippen LogP contribution in [-0.2, 0) is 0 Å². The maximum Gasteiger partial charge on any atom is 0.292 e. The third-order valence-electron chi connectivity index (χ3n) is 3.92. The second-order valence-electron chi connectivity index (χ2n) is 6.00. The number of nitrogen functional groups attached to an aromatic ring is 1. The minimum Gasteiger partial charge on any atom is -0.497 e. The van der Waals surface area contributed by atoms with Crippen LogP contribution in [0.25, 0.3) is 0 Å². The van der Waals surface area contributed by atoms with E-state index in [1.54, 1.807) is 7.11 Å². The van der Waals surface area contributed by atoms with Crippen molar-refractivity contribution < 1.29 is 14.5 Å². The number of anilines is 1. The van der Waals surface area contributed by atoms with Crippen molar-refractivity contribution >= 4 is 17.3 Å². The number of nitro benzene ring substituents is 1. The number of benzene rings is 2. The highest BCUT2D eigenvalue weighted by molar-refractivity contribution is 5.95. The van der Waals surface area contributed by atoms with E-state index in [1.807, 2.05) is 38.1 Å². The second-order valence-corrected chi connectivity index (χ2v) is 6.00. The van der Waals surface area contributed by atoms with Crippen molar-refractivity contribution in [3.8, 4) is 5.75 Å². The van der Waals surface area contributed by atoms with Crippen molar-refractivity contribution in [2.75, 3.05) is 12.8 Å². The summed E-state index contributed by atoms with van der Waals surface area (Å²) < 4.78 is 5.14. The molecule has 7 heteroatoms. The second kappa shape index (κ2) is 7.65. The number of nitrogens with two attached hydrogens (primary N) is 1. The lowest BCUT2D eigenvalue weighted by Gasteiger charge is -2.23. The Balaban J connectivity index is 2.25. The fraction of sp³-hybridized carbons (Fsp3) is 0.278. The van der Waals surface area contributed by atoms with Crippen LogP contribution in [0.15, 0.2) is 42.5 Å². The summed E-state index contributed by atoms with van der Waals surface area (Å²) in [4.78, 5) is 22.9. The fourth-order valence-corrected chi connectivity index (χ4v) is 2.51. The Labute approximate surface area is 145 Å². The van der Waals surface area contributed by atoms with E-state index in [4.69, 9.17) is 10.5 Å². The molecule has 0 bridgehead atoms. The van der Waals surface area contributed by atoms with Gasteiger partial charge in [0.15, 0.2) is 0 Å². The van der Waals surface area contributed by atoms with Gasteiger partial charge in [-0.2, -0.15) is 0 Å². The van der Waals surface area contributed by atoms with E-state index >= 15 is 0 Å². The van der Waals surface area contributed by atoms with Crippen LogP contribution in [0.3, 0.4) is 0 Å². The van der Waals surface area contributed by atoms with E-state index < -0.39 is 10.8 Å². The van der Waals surface area contributed by atoms with Crippen molar-refractivity contribution in [2.24, 2.45) is 5.92 Å². The van der Waals surface area contributed by atoms with Crippen LogP contribution in [0.1, 0.15) is 35.8 Å². The minimum absolute atomic E-state index is 0.0251. The maximum absolute atomic E-state index is 12.5. The van der Waals surface area contributed by atoms with Crippen molar-refractivity contribution in [1.82, 2.24) is 5.32 Å². The summed E-state index contributed by atoms with van der Waals surface area (Å²) in [6.07, 6.45) is 0. The van der Waals surface area contributed by atoms with Crippen LogP contribution in [-0.4, -0.2) is 17.9 Å². The molecule has 1 atom stereocenters. The summed E-state index contributed by atoms with van der Waals surface area (Å²) in [5.74, 6) is 0.463. The number of nitrogens with one attached hydrogen (secondary N) is 1. The molecule has 0 aliphatic heterocycles. The number of methoxy groups -OCH3 is 1. The predicted octanol–water partition coefficient (Wildman–Crippen LogP) is 3.31. The van der Waals surface area contributed by atoms with E-state index in [9.17, 15) is 14.9 Å². The Bertz CT molecular complexity index is 772. The number of amides is 1. The van der Waals surface area contributed by atoms with E-state index in [0.717, 1.165) is 11.3 Å². The number of hydrogen-bond acceptors (Lipinski definition) is 5. The zero-order valence-electron chi connectivity index (χ0n) is 14.4. The van der Waals surface area contributed by atoms with Gasteiger partial charge in [-0.3, -0.25) is 14.9 Å². The van der Waals surface area contributed by atoms with Gasteiger partial charge in [-0.1, -0.05) is 26.0 Å². The third kappa shape index (κ3) is 4.26. The first kappa shape index (κ1) is 18.3. The van der Waals surface area contributed by atoms with Crippen LogP contribution < -0.4 is 15.8 Å². The summed E-state index contributed by atoms with van der Waals surface area (Å²) >= 11 is 0. The first-order valence-electron chi connectivity index (χ1n) is 7.82. The Morgan fingerprint density at radius 2 is 1.84 bits per heavy atom. The molecule has 7 nitrogen and oxygen atoms in total. The van der Waals surface area contributed by atoms with Gasteiger partial charge in [0.25, 0.3) is 11.6 Å². The van der Waals surface area contributed by atoms with Crippen LogP contribution in [0.2, 0.25) is 0 Å². The molecule has 0 saturated heterocycles. The Morgan fingerprint density at radius 1 is 1.20 bits per heavy atom. The highest BCUT2D eigenvalue weighted by Crippen LogP contribution is 2.26. The Kier molecular flexibility index (Phi) is 5.59. The maximum atomic E-state index is 12.5. The molecule has 0 fully saturated rings. The first-order chi connectivity index (χ1) is 11.8.